The number of rotatable bonds is 5. The third-order valence-electron chi connectivity index (χ3n) is 5.87. The molecule has 0 saturated carbocycles. The average molecular weight is 428 g/mol. The van der Waals surface area contributed by atoms with Gasteiger partial charge >= 0.3 is 0 Å². The summed E-state index contributed by atoms with van der Waals surface area (Å²) in [4.78, 5) is 32.4. The van der Waals surface area contributed by atoms with E-state index in [1.165, 1.54) is 23.2 Å². The van der Waals surface area contributed by atoms with E-state index in [-0.39, 0.29) is 10.9 Å². The predicted octanol–water partition coefficient (Wildman–Crippen LogP) is 2.31. The van der Waals surface area contributed by atoms with Crippen molar-refractivity contribution in [1.29, 1.82) is 5.26 Å². The topological polar surface area (TPSA) is 80.2 Å². The highest BCUT2D eigenvalue weighted by Crippen LogP contribution is 2.23. The van der Waals surface area contributed by atoms with Gasteiger partial charge in [0.15, 0.2) is 7.28 Å². The second-order valence-electron chi connectivity index (χ2n) is 7.65. The molecule has 1 fully saturated rings. The Morgan fingerprint density at radius 2 is 1.78 bits per heavy atom. The number of nitrogens with zero attached hydrogens (tertiary/aromatic N) is 3. The summed E-state index contributed by atoms with van der Waals surface area (Å²) in [6.45, 7) is 3.61. The Labute approximate surface area is 186 Å². The first-order valence-electron chi connectivity index (χ1n) is 10.6. The first-order valence-corrected chi connectivity index (χ1v) is 10.6. The van der Waals surface area contributed by atoms with Gasteiger partial charge in [0.1, 0.15) is 5.82 Å². The molecular weight excluding hydrogens is 406 g/mol. The van der Waals surface area contributed by atoms with Crippen molar-refractivity contribution in [2.24, 2.45) is 0 Å². The Morgan fingerprint density at radius 1 is 1.09 bits per heavy atom. The number of Topliss-reactive ketones (excluding diaryl/α,β-unsaturated/α-hetero) is 1. The van der Waals surface area contributed by atoms with Crippen LogP contribution in [0, 0.1) is 17.1 Å². The van der Waals surface area contributed by atoms with E-state index in [1.54, 1.807) is 6.07 Å². The number of amides is 1. The molecule has 0 unspecified atom stereocenters. The van der Waals surface area contributed by atoms with E-state index in [9.17, 15) is 19.2 Å². The number of benzene rings is 2. The van der Waals surface area contributed by atoms with Crippen LogP contribution >= 0.6 is 0 Å². The summed E-state index contributed by atoms with van der Waals surface area (Å²) in [5.41, 5.74) is 3.22. The van der Waals surface area contributed by atoms with Crippen molar-refractivity contribution in [3.63, 3.8) is 0 Å². The lowest BCUT2D eigenvalue weighted by atomic mass is 9.72. The molecular formula is C24H22BFN4O2. The number of allylic oxidation sites excluding steroid dienone is 1. The van der Waals surface area contributed by atoms with Crippen molar-refractivity contribution in [2.45, 2.75) is 6.82 Å². The number of H-pyrrole nitrogens is 1. The zero-order valence-corrected chi connectivity index (χ0v) is 17.8. The van der Waals surface area contributed by atoms with Gasteiger partial charge in [-0.15, -0.1) is 0 Å². The standard InChI is InChI=1S/C24H22BFN4O2/c1-25-18-7-8-19(26)21-17(15-28-22(18)21)23(31)24(32)30-13-11-29(12-14-30)20(9-10-27)16-5-3-2-4-6-16/h2-9,15,25,28H,11-14H2,1H3/b20-9+. The second kappa shape index (κ2) is 9.10. The Balaban J connectivity index is 1.51. The lowest BCUT2D eigenvalue weighted by molar-refractivity contribution is -0.127. The molecule has 0 spiro atoms. The number of aromatic nitrogens is 1. The van der Waals surface area contributed by atoms with E-state index in [0.29, 0.717) is 39.0 Å². The van der Waals surface area contributed by atoms with Crippen LogP contribution in [-0.2, 0) is 4.79 Å². The van der Waals surface area contributed by atoms with Crippen LogP contribution in [0.2, 0.25) is 6.82 Å². The van der Waals surface area contributed by atoms with Crippen LogP contribution < -0.4 is 5.46 Å². The number of carbonyl (C=O) groups excluding carboxylic acids is 2. The second-order valence-corrected chi connectivity index (χ2v) is 7.65. The minimum Gasteiger partial charge on any atom is -0.367 e. The van der Waals surface area contributed by atoms with E-state index in [2.05, 4.69) is 11.1 Å². The minimum atomic E-state index is -0.715. The number of hydrogen-bond donors (Lipinski definition) is 1. The lowest BCUT2D eigenvalue weighted by Crippen LogP contribution is -2.49. The molecule has 6 nitrogen and oxygen atoms in total. The molecule has 1 saturated heterocycles. The van der Waals surface area contributed by atoms with Gasteiger partial charge in [-0.25, -0.2) is 4.39 Å². The molecule has 0 atom stereocenters. The third-order valence-corrected chi connectivity index (χ3v) is 5.87. The van der Waals surface area contributed by atoms with Crippen molar-refractivity contribution in [3.05, 3.63) is 71.7 Å². The van der Waals surface area contributed by atoms with Crippen molar-refractivity contribution in [3.8, 4) is 6.07 Å². The third kappa shape index (κ3) is 3.90. The van der Waals surface area contributed by atoms with E-state index < -0.39 is 17.5 Å². The van der Waals surface area contributed by atoms with Gasteiger partial charge in [0.25, 0.3) is 11.7 Å². The molecule has 160 valence electrons. The maximum atomic E-state index is 14.5. The monoisotopic (exact) mass is 428 g/mol. The summed E-state index contributed by atoms with van der Waals surface area (Å²) in [5, 5.41) is 9.37. The number of fused-ring (bicyclic) bond motifs is 1. The molecule has 1 aromatic heterocycles. The molecule has 1 aliphatic heterocycles. The zero-order valence-electron chi connectivity index (χ0n) is 17.8. The number of piperazine rings is 1. The highest BCUT2D eigenvalue weighted by molar-refractivity contribution is 6.56. The van der Waals surface area contributed by atoms with Crippen LogP contribution in [-0.4, -0.2) is 59.9 Å². The molecule has 3 aromatic rings. The highest BCUT2D eigenvalue weighted by atomic mass is 19.1. The number of aromatic amines is 1. The largest absolute Gasteiger partial charge is 0.367 e. The number of nitrogens with one attached hydrogen (secondary N) is 1. The van der Waals surface area contributed by atoms with Crippen LogP contribution in [0.5, 0.6) is 0 Å². The Morgan fingerprint density at radius 3 is 2.44 bits per heavy atom. The zero-order chi connectivity index (χ0) is 22.7. The fraction of sp³-hybridized carbons (Fsp3) is 0.208. The number of nitriles is 1. The van der Waals surface area contributed by atoms with Gasteiger partial charge in [0.05, 0.1) is 17.3 Å². The van der Waals surface area contributed by atoms with Crippen molar-refractivity contribution >= 4 is 41.0 Å². The van der Waals surface area contributed by atoms with Gasteiger partial charge in [-0.2, -0.15) is 5.26 Å². The fourth-order valence-electron chi connectivity index (χ4n) is 4.18. The summed E-state index contributed by atoms with van der Waals surface area (Å²) < 4.78 is 14.5. The average Bonchev–Trinajstić information content (AvgIpc) is 3.29. The molecule has 1 N–H and O–H groups in total. The van der Waals surface area contributed by atoms with Crippen molar-refractivity contribution in [1.82, 2.24) is 14.8 Å². The summed E-state index contributed by atoms with van der Waals surface area (Å²) in [6, 6.07) is 14.7. The first-order chi connectivity index (χ1) is 15.5. The van der Waals surface area contributed by atoms with Gasteiger partial charge in [-0.05, 0) is 11.6 Å². The Kier molecular flexibility index (Phi) is 6.08. The van der Waals surface area contributed by atoms with E-state index >= 15 is 0 Å². The SMILES string of the molecule is CBc1ccc(F)c2c(C(=O)C(=O)N3CCN(/C(=C/C#N)c4ccccc4)CC3)c[nH]c12. The maximum Gasteiger partial charge on any atom is 0.295 e. The van der Waals surface area contributed by atoms with Gasteiger partial charge in [0, 0.05) is 49.4 Å². The minimum absolute atomic E-state index is 0.0644. The molecule has 0 aliphatic carbocycles. The Hall–Kier alpha value is -3.86. The van der Waals surface area contributed by atoms with E-state index in [0.717, 1.165) is 16.7 Å². The molecule has 0 bridgehead atoms. The maximum absolute atomic E-state index is 14.5. The van der Waals surface area contributed by atoms with Crippen LogP contribution in [0.3, 0.4) is 0 Å². The van der Waals surface area contributed by atoms with E-state index in [1.807, 2.05) is 42.1 Å². The molecule has 0 radical (unpaired) electrons. The summed E-state index contributed by atoms with van der Waals surface area (Å²) in [7, 11) is 0.681. The molecule has 1 amide bonds. The molecule has 2 heterocycles. The number of hydrogen-bond acceptors (Lipinski definition) is 4. The molecule has 4 rings (SSSR count). The van der Waals surface area contributed by atoms with Crippen LogP contribution in [0.15, 0.2) is 54.7 Å². The molecule has 2 aromatic carbocycles. The molecule has 8 heteroatoms. The van der Waals surface area contributed by atoms with Gasteiger partial charge in [-0.1, -0.05) is 48.7 Å². The summed E-state index contributed by atoms with van der Waals surface area (Å²) in [6.07, 6.45) is 2.92. The van der Waals surface area contributed by atoms with Gasteiger partial charge < -0.3 is 14.8 Å². The Bertz CT molecular complexity index is 1240. The van der Waals surface area contributed by atoms with Crippen LogP contribution in [0.4, 0.5) is 4.39 Å². The lowest BCUT2D eigenvalue weighted by Gasteiger charge is -2.37. The molecule has 1 aliphatic rings. The van der Waals surface area contributed by atoms with E-state index in [4.69, 9.17) is 0 Å². The normalized spacial score (nSPS) is 14.3. The number of halogens is 1. The van der Waals surface area contributed by atoms with Crippen LogP contribution in [0.25, 0.3) is 16.6 Å². The highest BCUT2D eigenvalue weighted by Gasteiger charge is 2.30. The summed E-state index contributed by atoms with van der Waals surface area (Å²) >= 11 is 0. The van der Waals surface area contributed by atoms with Crippen LogP contribution in [0.1, 0.15) is 15.9 Å². The quantitative estimate of drug-likeness (QED) is 0.293. The number of carbonyl (C=O) groups is 2. The fourth-order valence-corrected chi connectivity index (χ4v) is 4.18. The van der Waals surface area contributed by atoms with Crippen molar-refractivity contribution < 1.29 is 14.0 Å². The first kappa shape index (κ1) is 21.4. The van der Waals surface area contributed by atoms with Crippen molar-refractivity contribution in [2.75, 3.05) is 26.2 Å². The number of ketones is 1. The smallest absolute Gasteiger partial charge is 0.295 e. The summed E-state index contributed by atoms with van der Waals surface area (Å²) in [5.74, 6) is -1.88. The van der Waals surface area contributed by atoms with Gasteiger partial charge in [-0.3, -0.25) is 9.59 Å². The predicted molar refractivity (Wildman–Crippen MR) is 123 cm³/mol. The van der Waals surface area contributed by atoms with Gasteiger partial charge in [0.2, 0.25) is 0 Å². The molecule has 32 heavy (non-hydrogen) atoms.